The minimum Gasteiger partial charge on any atom is -0.398 e. The molecule has 0 amide bonds. The summed E-state index contributed by atoms with van der Waals surface area (Å²) >= 11 is 5.93. The maximum atomic E-state index is 5.93. The van der Waals surface area contributed by atoms with Crippen molar-refractivity contribution in [3.8, 4) is 0 Å². The van der Waals surface area contributed by atoms with Crippen molar-refractivity contribution in [2.24, 2.45) is 5.92 Å². The number of hydrogen-bond donors (Lipinski definition) is 1. The van der Waals surface area contributed by atoms with Gasteiger partial charge in [0.2, 0.25) is 0 Å². The van der Waals surface area contributed by atoms with E-state index in [0.29, 0.717) is 22.7 Å². The molecule has 3 heteroatoms. The summed E-state index contributed by atoms with van der Waals surface area (Å²) in [7, 11) is 0. The molecule has 0 saturated heterocycles. The van der Waals surface area contributed by atoms with E-state index in [1.54, 1.807) is 0 Å². The van der Waals surface area contributed by atoms with E-state index in [0.717, 1.165) is 13.1 Å². The molecular weight excluding hydrogens is 232 g/mol. The molecule has 1 rings (SSSR count). The summed E-state index contributed by atoms with van der Waals surface area (Å²) in [6.45, 7) is 11.0. The Labute approximate surface area is 110 Å². The Balaban J connectivity index is 2.75. The predicted octanol–water partition coefficient (Wildman–Crippen LogP) is 3.79. The minimum absolute atomic E-state index is 0.536. The minimum atomic E-state index is 0.536. The van der Waals surface area contributed by atoms with Crippen LogP contribution < -0.4 is 5.73 Å². The normalized spacial score (nSPS) is 11.8. The van der Waals surface area contributed by atoms with Crippen LogP contribution in [0.4, 0.5) is 5.69 Å². The second-order valence-electron chi connectivity index (χ2n) is 5.27. The van der Waals surface area contributed by atoms with E-state index in [-0.39, 0.29) is 0 Å². The summed E-state index contributed by atoms with van der Waals surface area (Å²) in [5, 5.41) is 0.633. The number of nitrogens with two attached hydrogens (primary N) is 1. The smallest absolute Gasteiger partial charge is 0.0635 e. The van der Waals surface area contributed by atoms with Crippen LogP contribution in [0.25, 0.3) is 0 Å². The molecule has 1 aromatic rings. The van der Waals surface area contributed by atoms with Crippen molar-refractivity contribution in [3.05, 3.63) is 28.8 Å². The lowest BCUT2D eigenvalue weighted by atomic mass is 10.1. The molecule has 0 spiro atoms. The highest BCUT2D eigenvalue weighted by Gasteiger charge is 2.12. The van der Waals surface area contributed by atoms with E-state index in [9.17, 15) is 0 Å². The van der Waals surface area contributed by atoms with Crippen LogP contribution in [0.5, 0.6) is 0 Å². The lowest BCUT2D eigenvalue weighted by molar-refractivity contribution is 0.189. The predicted molar refractivity (Wildman–Crippen MR) is 76.2 cm³/mol. The number of nitrogens with zero attached hydrogens (tertiary/aromatic N) is 1. The summed E-state index contributed by atoms with van der Waals surface area (Å²) in [5.41, 5.74) is 7.71. The second-order valence-corrected chi connectivity index (χ2v) is 5.68. The fourth-order valence-corrected chi connectivity index (χ4v) is 1.97. The standard InChI is InChI=1S/C14H23ClN2/c1-10(2)8-17(11(3)4)9-12-5-6-13(15)14(16)7-12/h5-7,10-11H,8-9,16H2,1-4H3. The Bertz CT molecular complexity index is 361. The Morgan fingerprint density at radius 2 is 1.88 bits per heavy atom. The Morgan fingerprint density at radius 1 is 1.24 bits per heavy atom. The number of anilines is 1. The van der Waals surface area contributed by atoms with Crippen LogP contribution >= 0.6 is 11.6 Å². The van der Waals surface area contributed by atoms with Gasteiger partial charge in [-0.3, -0.25) is 4.90 Å². The second kappa shape index (κ2) is 6.27. The van der Waals surface area contributed by atoms with Crippen LogP contribution in [-0.2, 0) is 6.54 Å². The van der Waals surface area contributed by atoms with Crippen molar-refractivity contribution in [2.75, 3.05) is 12.3 Å². The van der Waals surface area contributed by atoms with Gasteiger partial charge >= 0.3 is 0 Å². The van der Waals surface area contributed by atoms with Gasteiger partial charge in [-0.05, 0) is 37.5 Å². The molecule has 1 aromatic carbocycles. The summed E-state index contributed by atoms with van der Waals surface area (Å²) in [6, 6.07) is 6.43. The van der Waals surface area contributed by atoms with Gasteiger partial charge in [-0.25, -0.2) is 0 Å². The number of benzene rings is 1. The molecule has 17 heavy (non-hydrogen) atoms. The molecule has 0 radical (unpaired) electrons. The van der Waals surface area contributed by atoms with Crippen LogP contribution in [0.3, 0.4) is 0 Å². The zero-order valence-corrected chi connectivity index (χ0v) is 12.0. The summed E-state index contributed by atoms with van der Waals surface area (Å²) in [6.07, 6.45) is 0. The number of nitrogen functional groups attached to an aromatic ring is 1. The summed E-state index contributed by atoms with van der Waals surface area (Å²) in [4.78, 5) is 2.45. The monoisotopic (exact) mass is 254 g/mol. The fraction of sp³-hybridized carbons (Fsp3) is 0.571. The van der Waals surface area contributed by atoms with Crippen LogP contribution in [0.2, 0.25) is 5.02 Å². The number of halogens is 1. The van der Waals surface area contributed by atoms with Crippen molar-refractivity contribution in [2.45, 2.75) is 40.3 Å². The maximum absolute atomic E-state index is 5.93. The van der Waals surface area contributed by atoms with Gasteiger partial charge in [-0.15, -0.1) is 0 Å². The zero-order chi connectivity index (χ0) is 13.0. The van der Waals surface area contributed by atoms with Crippen molar-refractivity contribution >= 4 is 17.3 Å². The van der Waals surface area contributed by atoms with Crippen molar-refractivity contribution in [1.82, 2.24) is 4.90 Å². The SMILES string of the molecule is CC(C)CN(Cc1ccc(Cl)c(N)c1)C(C)C. The molecule has 2 nitrogen and oxygen atoms in total. The first-order chi connectivity index (χ1) is 7.90. The third kappa shape index (κ3) is 4.57. The Kier molecular flexibility index (Phi) is 5.29. The van der Waals surface area contributed by atoms with Gasteiger partial charge in [0.25, 0.3) is 0 Å². The van der Waals surface area contributed by atoms with Crippen LogP contribution in [0.15, 0.2) is 18.2 Å². The average Bonchev–Trinajstić information content (AvgIpc) is 2.21. The zero-order valence-electron chi connectivity index (χ0n) is 11.2. The molecule has 0 aliphatic heterocycles. The Morgan fingerprint density at radius 3 is 2.35 bits per heavy atom. The third-order valence-corrected chi connectivity index (χ3v) is 3.12. The molecule has 0 saturated carbocycles. The number of rotatable bonds is 5. The van der Waals surface area contributed by atoms with E-state index in [2.05, 4.69) is 38.7 Å². The van der Waals surface area contributed by atoms with Crippen molar-refractivity contribution in [1.29, 1.82) is 0 Å². The van der Waals surface area contributed by atoms with Crippen LogP contribution in [-0.4, -0.2) is 17.5 Å². The van der Waals surface area contributed by atoms with Gasteiger partial charge in [0, 0.05) is 19.1 Å². The highest BCUT2D eigenvalue weighted by Crippen LogP contribution is 2.21. The molecule has 96 valence electrons. The maximum Gasteiger partial charge on any atom is 0.0635 e. The first-order valence-corrected chi connectivity index (χ1v) is 6.56. The van der Waals surface area contributed by atoms with E-state index < -0.39 is 0 Å². The van der Waals surface area contributed by atoms with Crippen LogP contribution in [0.1, 0.15) is 33.3 Å². The van der Waals surface area contributed by atoms with Crippen LogP contribution in [0, 0.1) is 5.92 Å². The molecular formula is C14H23ClN2. The highest BCUT2D eigenvalue weighted by atomic mass is 35.5. The van der Waals surface area contributed by atoms with E-state index >= 15 is 0 Å². The third-order valence-electron chi connectivity index (χ3n) is 2.78. The lowest BCUT2D eigenvalue weighted by Crippen LogP contribution is -2.33. The molecule has 0 aromatic heterocycles. The first-order valence-electron chi connectivity index (χ1n) is 6.18. The average molecular weight is 255 g/mol. The van der Waals surface area contributed by atoms with E-state index in [4.69, 9.17) is 17.3 Å². The van der Waals surface area contributed by atoms with E-state index in [1.807, 2.05) is 12.1 Å². The molecule has 0 atom stereocenters. The van der Waals surface area contributed by atoms with Gasteiger partial charge in [0.15, 0.2) is 0 Å². The van der Waals surface area contributed by atoms with Crippen molar-refractivity contribution < 1.29 is 0 Å². The lowest BCUT2D eigenvalue weighted by Gasteiger charge is -2.28. The quantitative estimate of drug-likeness (QED) is 0.810. The molecule has 0 unspecified atom stereocenters. The van der Waals surface area contributed by atoms with E-state index in [1.165, 1.54) is 5.56 Å². The summed E-state index contributed by atoms with van der Waals surface area (Å²) in [5.74, 6) is 0.669. The van der Waals surface area contributed by atoms with Gasteiger partial charge in [0.1, 0.15) is 0 Å². The van der Waals surface area contributed by atoms with Gasteiger partial charge in [-0.1, -0.05) is 31.5 Å². The number of hydrogen-bond acceptors (Lipinski definition) is 2. The molecule has 2 N–H and O–H groups in total. The molecule has 0 aliphatic rings. The molecule has 0 fully saturated rings. The fourth-order valence-electron chi connectivity index (χ4n) is 1.85. The Hall–Kier alpha value is -0.730. The highest BCUT2D eigenvalue weighted by molar-refractivity contribution is 6.33. The van der Waals surface area contributed by atoms with Gasteiger partial charge in [-0.2, -0.15) is 0 Å². The molecule has 0 aliphatic carbocycles. The molecule has 0 heterocycles. The molecule has 0 bridgehead atoms. The largest absolute Gasteiger partial charge is 0.398 e. The topological polar surface area (TPSA) is 29.3 Å². The van der Waals surface area contributed by atoms with Crippen molar-refractivity contribution in [3.63, 3.8) is 0 Å². The first kappa shape index (κ1) is 14.3. The van der Waals surface area contributed by atoms with Gasteiger partial charge < -0.3 is 5.73 Å². The summed E-state index contributed by atoms with van der Waals surface area (Å²) < 4.78 is 0. The van der Waals surface area contributed by atoms with Gasteiger partial charge in [0.05, 0.1) is 10.7 Å².